The minimum Gasteiger partial charge on any atom is -0.393 e. The van der Waals surface area contributed by atoms with Gasteiger partial charge >= 0.3 is 0 Å². The number of unbranched alkanes of at least 4 members (excludes halogenated alkanes) is 4. The molecule has 0 spiro atoms. The van der Waals surface area contributed by atoms with E-state index in [9.17, 15) is 19.8 Å². The molecule has 0 aromatic rings. The van der Waals surface area contributed by atoms with Crippen LogP contribution in [0.3, 0.4) is 0 Å². The van der Waals surface area contributed by atoms with E-state index in [4.69, 9.17) is 0 Å². The Morgan fingerprint density at radius 2 is 1.59 bits per heavy atom. The lowest BCUT2D eigenvalue weighted by molar-refractivity contribution is -0.157. The predicted molar refractivity (Wildman–Crippen MR) is 176 cm³/mol. The van der Waals surface area contributed by atoms with Gasteiger partial charge in [0.2, 0.25) is 11.8 Å². The fourth-order valence-corrected chi connectivity index (χ4v) is 11.0. The summed E-state index contributed by atoms with van der Waals surface area (Å²) in [5.41, 5.74) is 0.333. The Hall–Kier alpha value is -1.18. The number of hydrogen-bond donors (Lipinski definition) is 3. The molecule has 5 aliphatic rings. The molecule has 10 atom stereocenters. The van der Waals surface area contributed by atoms with E-state index in [0.717, 1.165) is 51.6 Å². The van der Waals surface area contributed by atoms with E-state index in [0.29, 0.717) is 55.5 Å². The first kappa shape index (κ1) is 34.2. The summed E-state index contributed by atoms with van der Waals surface area (Å²) in [5, 5.41) is 25.4. The zero-order valence-corrected chi connectivity index (χ0v) is 28.7. The van der Waals surface area contributed by atoms with E-state index in [2.05, 4.69) is 44.8 Å². The van der Waals surface area contributed by atoms with E-state index in [1.54, 1.807) is 0 Å². The van der Waals surface area contributed by atoms with Crippen LogP contribution in [0.1, 0.15) is 131 Å². The normalized spacial score (nSPS) is 39.8. The highest BCUT2D eigenvalue weighted by molar-refractivity contribution is 5.87. The Kier molecular flexibility index (Phi) is 11.1. The molecule has 0 radical (unpaired) electrons. The van der Waals surface area contributed by atoms with Crippen LogP contribution in [0.25, 0.3) is 0 Å². The van der Waals surface area contributed by atoms with Crippen molar-refractivity contribution in [2.45, 2.75) is 155 Å². The van der Waals surface area contributed by atoms with Gasteiger partial charge in [0, 0.05) is 38.6 Å². The number of piperazine rings is 1. The molecule has 1 aliphatic heterocycles. The van der Waals surface area contributed by atoms with Crippen LogP contribution in [-0.4, -0.2) is 82.3 Å². The molecule has 0 unspecified atom stereocenters. The fourth-order valence-electron chi connectivity index (χ4n) is 11.0. The van der Waals surface area contributed by atoms with Crippen LogP contribution in [0.15, 0.2) is 0 Å². The van der Waals surface area contributed by atoms with Gasteiger partial charge in [-0.25, -0.2) is 0 Å². The molecule has 0 aromatic heterocycles. The average molecular weight is 616 g/mol. The van der Waals surface area contributed by atoms with Gasteiger partial charge in [-0.1, -0.05) is 60.3 Å². The summed E-state index contributed by atoms with van der Waals surface area (Å²) >= 11 is 0. The van der Waals surface area contributed by atoms with Crippen molar-refractivity contribution in [3.8, 4) is 0 Å². The molecule has 7 nitrogen and oxygen atoms in total. The second-order valence-corrected chi connectivity index (χ2v) is 16.6. The summed E-state index contributed by atoms with van der Waals surface area (Å²) < 4.78 is 0. The number of hydrogen-bond acceptors (Lipinski definition) is 5. The van der Waals surface area contributed by atoms with E-state index in [1.807, 2.05) is 4.90 Å². The van der Waals surface area contributed by atoms with Gasteiger partial charge in [0.25, 0.3) is 0 Å². The number of aliphatic hydroxyl groups is 2. The van der Waals surface area contributed by atoms with Gasteiger partial charge in [0.05, 0.1) is 12.2 Å². The summed E-state index contributed by atoms with van der Waals surface area (Å²) in [5.74, 6) is 3.03. The molecule has 3 N–H and O–H groups in total. The second kappa shape index (κ2) is 14.3. The summed E-state index contributed by atoms with van der Waals surface area (Å²) in [6, 6.07) is -0.302. The van der Waals surface area contributed by atoms with Gasteiger partial charge < -0.3 is 20.4 Å². The molecule has 0 aromatic carbocycles. The first-order valence-electron chi connectivity index (χ1n) is 18.7. The number of nitrogens with one attached hydrogen (secondary N) is 1. The number of amides is 2. The van der Waals surface area contributed by atoms with E-state index in [1.165, 1.54) is 44.9 Å². The van der Waals surface area contributed by atoms with Crippen molar-refractivity contribution in [2.75, 3.05) is 26.2 Å². The maximum atomic E-state index is 13.7. The van der Waals surface area contributed by atoms with Crippen molar-refractivity contribution in [3.63, 3.8) is 0 Å². The van der Waals surface area contributed by atoms with Crippen LogP contribution in [0, 0.1) is 40.4 Å². The average Bonchev–Trinajstić information content (AvgIpc) is 3.30. The van der Waals surface area contributed by atoms with E-state index in [-0.39, 0.29) is 40.9 Å². The van der Waals surface area contributed by atoms with Gasteiger partial charge in [-0.3, -0.25) is 14.5 Å². The third-order valence-electron chi connectivity index (χ3n) is 13.6. The lowest BCUT2D eigenvalue weighted by Crippen LogP contribution is -2.63. The van der Waals surface area contributed by atoms with Crippen molar-refractivity contribution in [1.82, 2.24) is 15.1 Å². The van der Waals surface area contributed by atoms with Crippen molar-refractivity contribution < 1.29 is 19.8 Å². The molecule has 4 saturated carbocycles. The third-order valence-corrected chi connectivity index (χ3v) is 13.6. The van der Waals surface area contributed by atoms with Gasteiger partial charge in [0.1, 0.15) is 6.04 Å². The van der Waals surface area contributed by atoms with Crippen LogP contribution in [-0.2, 0) is 9.59 Å². The molecule has 1 saturated heterocycles. The van der Waals surface area contributed by atoms with Crippen LogP contribution >= 0.6 is 0 Å². The Morgan fingerprint density at radius 1 is 0.886 bits per heavy atom. The summed E-state index contributed by atoms with van der Waals surface area (Å²) in [4.78, 5) is 30.9. The molecule has 2 amide bonds. The van der Waals surface area contributed by atoms with Gasteiger partial charge in [-0.05, 0) is 105 Å². The highest BCUT2D eigenvalue weighted by atomic mass is 16.3. The minimum atomic E-state index is -0.449. The number of carbonyl (C=O) groups is 2. The van der Waals surface area contributed by atoms with Crippen LogP contribution in [0.4, 0.5) is 0 Å². The monoisotopic (exact) mass is 615 g/mol. The molecular weight excluding hydrogens is 550 g/mol. The van der Waals surface area contributed by atoms with Crippen LogP contribution in [0.2, 0.25) is 0 Å². The lowest BCUT2D eigenvalue weighted by atomic mass is 9.44. The Labute approximate surface area is 268 Å². The maximum Gasteiger partial charge on any atom is 0.245 e. The van der Waals surface area contributed by atoms with Crippen LogP contribution < -0.4 is 5.32 Å². The number of aliphatic hydroxyl groups excluding tert-OH is 2. The fraction of sp³-hybridized carbons (Fsp3) is 0.946. The number of carbonyl (C=O) groups excluding carboxylic acids is 2. The number of nitrogens with zero attached hydrogens (tertiary/aromatic N) is 2. The topological polar surface area (TPSA) is 93.1 Å². The third kappa shape index (κ3) is 6.90. The Morgan fingerprint density at radius 3 is 2.30 bits per heavy atom. The molecule has 4 aliphatic carbocycles. The minimum absolute atomic E-state index is 0.00758. The van der Waals surface area contributed by atoms with Gasteiger partial charge in [0.15, 0.2) is 0 Å². The summed E-state index contributed by atoms with van der Waals surface area (Å²) in [7, 11) is 0. The molecule has 7 heteroatoms. The van der Waals surface area contributed by atoms with Crippen LogP contribution in [0.5, 0.6) is 0 Å². The molecular formula is C37H65N3O4. The van der Waals surface area contributed by atoms with E-state index < -0.39 is 6.04 Å². The van der Waals surface area contributed by atoms with Gasteiger partial charge in [-0.15, -0.1) is 0 Å². The number of rotatable bonds is 11. The quantitative estimate of drug-likeness (QED) is 0.257. The first-order chi connectivity index (χ1) is 21.0. The SMILES string of the molecule is CCCCCCCC(=O)N[C@@H](CC(C)C)C(=O)N1CCN([C@H]2C[C@@]3(C)[C@@H](CC[C@@H]4[C@@H]3CC[C@]3(C)[C@@H](O)CC[C@@H]43)C[C@@H]2O)CC1. The zero-order valence-electron chi connectivity index (χ0n) is 28.7. The summed E-state index contributed by atoms with van der Waals surface area (Å²) in [6.07, 6.45) is 15.2. The highest BCUT2D eigenvalue weighted by Crippen LogP contribution is 2.66. The smallest absolute Gasteiger partial charge is 0.245 e. The largest absolute Gasteiger partial charge is 0.393 e. The molecule has 1 heterocycles. The lowest BCUT2D eigenvalue weighted by Gasteiger charge is -2.62. The van der Waals surface area contributed by atoms with Crippen molar-refractivity contribution in [1.29, 1.82) is 0 Å². The standard InChI is InChI=1S/C37H65N3O4/c1-6-7-8-9-10-11-34(43)38-30(22-25(2)3)35(44)40-20-18-39(19-21-40)31-24-37(5)26(23-32(31)41)12-13-27-28-14-15-33(42)36(28,4)17-16-29(27)37/h25-33,41-42H,6-24H2,1-5H3,(H,38,43)/t26-,27-,28-,29-,30-,31-,32-,33-,36-,37-/m0/s1. The molecule has 252 valence electrons. The summed E-state index contributed by atoms with van der Waals surface area (Å²) in [6.45, 7) is 14.2. The van der Waals surface area contributed by atoms with Crippen molar-refractivity contribution in [3.05, 3.63) is 0 Å². The van der Waals surface area contributed by atoms with Crippen molar-refractivity contribution in [2.24, 2.45) is 40.4 Å². The first-order valence-corrected chi connectivity index (χ1v) is 18.7. The number of fused-ring (bicyclic) bond motifs is 5. The zero-order chi connectivity index (χ0) is 31.6. The Bertz CT molecular complexity index is 982. The van der Waals surface area contributed by atoms with Crippen molar-refractivity contribution >= 4 is 11.8 Å². The molecule has 5 fully saturated rings. The molecule has 0 bridgehead atoms. The molecule has 5 rings (SSSR count). The Balaban J connectivity index is 1.17. The predicted octanol–water partition coefficient (Wildman–Crippen LogP) is 5.77. The molecule has 44 heavy (non-hydrogen) atoms. The van der Waals surface area contributed by atoms with Gasteiger partial charge in [-0.2, -0.15) is 0 Å². The maximum absolute atomic E-state index is 13.7. The van der Waals surface area contributed by atoms with E-state index >= 15 is 0 Å². The second-order valence-electron chi connectivity index (χ2n) is 16.6. The highest BCUT2D eigenvalue weighted by Gasteiger charge is 2.61.